The highest BCUT2D eigenvalue weighted by Crippen LogP contribution is 2.24. The summed E-state index contributed by atoms with van der Waals surface area (Å²) >= 11 is 2.57. The predicted molar refractivity (Wildman–Crippen MR) is 101 cm³/mol. The Morgan fingerprint density at radius 1 is 1.28 bits per heavy atom. The fourth-order valence-corrected chi connectivity index (χ4v) is 3.53. The van der Waals surface area contributed by atoms with Crippen LogP contribution >= 0.6 is 23.1 Å². The predicted octanol–water partition coefficient (Wildman–Crippen LogP) is 3.19. The lowest BCUT2D eigenvalue weighted by Crippen LogP contribution is -2.15. The van der Waals surface area contributed by atoms with Gasteiger partial charge in [0.25, 0.3) is 5.56 Å². The summed E-state index contributed by atoms with van der Waals surface area (Å²) in [4.78, 5) is 35.0. The van der Waals surface area contributed by atoms with Gasteiger partial charge in [-0.05, 0) is 6.42 Å². The van der Waals surface area contributed by atoms with Crippen LogP contribution in [0, 0.1) is 0 Å². The van der Waals surface area contributed by atoms with Gasteiger partial charge in [-0.2, -0.15) is 0 Å². The van der Waals surface area contributed by atoms with Crippen molar-refractivity contribution in [1.82, 2.24) is 15.0 Å². The molecule has 2 heterocycles. The summed E-state index contributed by atoms with van der Waals surface area (Å²) in [5, 5.41) is 5.68. The normalized spacial score (nSPS) is 10.6. The Labute approximate surface area is 152 Å². The van der Waals surface area contributed by atoms with Gasteiger partial charge in [0.15, 0.2) is 10.3 Å². The van der Waals surface area contributed by atoms with E-state index in [1.54, 1.807) is 0 Å². The maximum atomic E-state index is 12.1. The van der Waals surface area contributed by atoms with Crippen LogP contribution in [0.5, 0.6) is 0 Å². The lowest BCUT2D eigenvalue weighted by atomic mass is 10.2. The minimum atomic E-state index is -0.206. The number of aromatic amines is 1. The third kappa shape index (κ3) is 4.77. The number of hydrogen-bond acceptors (Lipinski definition) is 6. The van der Waals surface area contributed by atoms with E-state index in [1.807, 2.05) is 42.6 Å². The van der Waals surface area contributed by atoms with Gasteiger partial charge < -0.3 is 10.3 Å². The van der Waals surface area contributed by atoms with Crippen LogP contribution in [0.25, 0.3) is 11.3 Å². The number of benzene rings is 1. The van der Waals surface area contributed by atoms with Gasteiger partial charge in [-0.15, -0.1) is 11.3 Å². The number of aryl methyl sites for hydroxylation is 1. The van der Waals surface area contributed by atoms with E-state index in [4.69, 9.17) is 0 Å². The molecule has 1 amide bonds. The number of rotatable bonds is 6. The molecule has 0 fully saturated rings. The fraction of sp³-hybridized carbons (Fsp3) is 0.176. The quantitative estimate of drug-likeness (QED) is 0.512. The molecule has 3 aromatic rings. The molecule has 1 aromatic carbocycles. The summed E-state index contributed by atoms with van der Waals surface area (Å²) in [6.07, 6.45) is 0.672. The fourth-order valence-electron chi connectivity index (χ4n) is 2.09. The zero-order valence-corrected chi connectivity index (χ0v) is 15.1. The maximum Gasteiger partial charge on any atom is 0.251 e. The van der Waals surface area contributed by atoms with Gasteiger partial charge >= 0.3 is 0 Å². The molecule has 0 unspecified atom stereocenters. The number of aromatic nitrogens is 3. The topological polar surface area (TPSA) is 87.7 Å². The van der Waals surface area contributed by atoms with Crippen LogP contribution in [0.3, 0.4) is 0 Å². The molecule has 0 radical (unpaired) electrons. The molecular formula is C17H16N4O2S2. The lowest BCUT2D eigenvalue weighted by Gasteiger charge is -2.03. The van der Waals surface area contributed by atoms with E-state index in [9.17, 15) is 9.59 Å². The molecule has 2 aromatic heterocycles. The van der Waals surface area contributed by atoms with E-state index in [1.165, 1.54) is 29.2 Å². The van der Waals surface area contributed by atoms with Gasteiger partial charge in [-0.3, -0.25) is 9.59 Å². The number of carbonyl (C=O) groups excluding carboxylic acids is 1. The number of nitrogens with zero attached hydrogens (tertiary/aromatic N) is 2. The number of anilines is 1. The molecule has 0 atom stereocenters. The zero-order valence-electron chi connectivity index (χ0n) is 13.5. The van der Waals surface area contributed by atoms with E-state index >= 15 is 0 Å². The number of H-pyrrole nitrogens is 1. The van der Waals surface area contributed by atoms with Crippen LogP contribution < -0.4 is 10.9 Å². The Hall–Kier alpha value is -2.45. The minimum Gasteiger partial charge on any atom is -0.301 e. The smallest absolute Gasteiger partial charge is 0.251 e. The Balaban J connectivity index is 1.59. The molecule has 0 spiro atoms. The van der Waals surface area contributed by atoms with Gasteiger partial charge in [-0.1, -0.05) is 49.0 Å². The van der Waals surface area contributed by atoms with Crippen LogP contribution in [0.15, 0.2) is 51.7 Å². The monoisotopic (exact) mass is 372 g/mol. The van der Waals surface area contributed by atoms with Crippen molar-refractivity contribution in [1.29, 1.82) is 0 Å². The summed E-state index contributed by atoms with van der Waals surface area (Å²) in [6, 6.07) is 11.2. The van der Waals surface area contributed by atoms with E-state index in [0.29, 0.717) is 22.4 Å². The number of amides is 1. The van der Waals surface area contributed by atoms with Crippen molar-refractivity contribution in [2.45, 2.75) is 18.5 Å². The second-order valence-corrected chi connectivity index (χ2v) is 6.96. The van der Waals surface area contributed by atoms with Gasteiger partial charge in [-0.25, -0.2) is 9.97 Å². The highest BCUT2D eigenvalue weighted by molar-refractivity contribution is 7.99. The van der Waals surface area contributed by atoms with Gasteiger partial charge in [0.2, 0.25) is 5.91 Å². The molecule has 0 aliphatic heterocycles. The number of thiazole rings is 1. The van der Waals surface area contributed by atoms with E-state index in [0.717, 1.165) is 11.3 Å². The Morgan fingerprint density at radius 3 is 2.84 bits per heavy atom. The Morgan fingerprint density at radius 2 is 2.08 bits per heavy atom. The average Bonchev–Trinajstić information content (AvgIpc) is 3.08. The molecular weight excluding hydrogens is 356 g/mol. The minimum absolute atomic E-state index is 0.149. The molecule has 0 aliphatic carbocycles. The van der Waals surface area contributed by atoms with Crippen molar-refractivity contribution in [3.63, 3.8) is 0 Å². The van der Waals surface area contributed by atoms with Crippen LogP contribution in [0.1, 0.15) is 12.6 Å². The maximum absolute atomic E-state index is 12.1. The van der Waals surface area contributed by atoms with Crippen LogP contribution in [0.2, 0.25) is 0 Å². The van der Waals surface area contributed by atoms with E-state index < -0.39 is 0 Å². The standard InChI is InChI=1S/C17H16N4O2S2/c1-2-12-8-14(22)20-16(18-12)25-10-15(23)21-17-19-13(9-24-17)11-6-4-3-5-7-11/h3-9H,2,10H2,1H3,(H,18,20,22)(H,19,21,23). The van der Waals surface area contributed by atoms with Crippen LogP contribution in [0.4, 0.5) is 5.13 Å². The molecule has 3 rings (SSSR count). The van der Waals surface area contributed by atoms with Crippen molar-refractivity contribution in [2.75, 3.05) is 11.1 Å². The van der Waals surface area contributed by atoms with Crippen molar-refractivity contribution < 1.29 is 4.79 Å². The zero-order chi connectivity index (χ0) is 17.6. The molecule has 2 N–H and O–H groups in total. The molecule has 128 valence electrons. The first-order valence-corrected chi connectivity index (χ1v) is 9.54. The molecule has 6 nitrogen and oxygen atoms in total. The number of hydrogen-bond donors (Lipinski definition) is 2. The third-order valence-corrected chi connectivity index (χ3v) is 4.93. The summed E-state index contributed by atoms with van der Waals surface area (Å²) in [5.41, 5.74) is 2.34. The van der Waals surface area contributed by atoms with Gasteiger partial charge in [0, 0.05) is 22.7 Å². The van der Waals surface area contributed by atoms with E-state index in [2.05, 4.69) is 20.3 Å². The molecule has 25 heavy (non-hydrogen) atoms. The highest BCUT2D eigenvalue weighted by atomic mass is 32.2. The van der Waals surface area contributed by atoms with Crippen molar-refractivity contribution in [3.05, 3.63) is 57.8 Å². The third-order valence-electron chi connectivity index (χ3n) is 3.30. The number of nitrogens with one attached hydrogen (secondary N) is 2. The largest absolute Gasteiger partial charge is 0.301 e. The summed E-state index contributed by atoms with van der Waals surface area (Å²) < 4.78 is 0. The molecule has 0 aliphatic rings. The second kappa shape index (κ2) is 8.09. The van der Waals surface area contributed by atoms with Crippen molar-refractivity contribution >= 4 is 34.1 Å². The summed E-state index contributed by atoms with van der Waals surface area (Å²) in [6.45, 7) is 1.93. The number of thioether (sulfide) groups is 1. The first-order valence-electron chi connectivity index (χ1n) is 7.68. The summed E-state index contributed by atoms with van der Waals surface area (Å²) in [7, 11) is 0. The highest BCUT2D eigenvalue weighted by Gasteiger charge is 2.10. The van der Waals surface area contributed by atoms with Crippen molar-refractivity contribution in [2.24, 2.45) is 0 Å². The van der Waals surface area contributed by atoms with E-state index in [-0.39, 0.29) is 17.2 Å². The molecule has 0 bridgehead atoms. The molecule has 0 saturated carbocycles. The first-order chi connectivity index (χ1) is 12.1. The second-order valence-electron chi connectivity index (χ2n) is 5.14. The molecule has 8 heteroatoms. The first kappa shape index (κ1) is 17.4. The lowest BCUT2D eigenvalue weighted by molar-refractivity contribution is -0.113. The summed E-state index contributed by atoms with van der Waals surface area (Å²) in [5.74, 6) is -0.0420. The van der Waals surface area contributed by atoms with Crippen LogP contribution in [-0.4, -0.2) is 26.6 Å². The van der Waals surface area contributed by atoms with Gasteiger partial charge in [0.05, 0.1) is 11.4 Å². The van der Waals surface area contributed by atoms with Crippen molar-refractivity contribution in [3.8, 4) is 11.3 Å². The molecule has 0 saturated heterocycles. The average molecular weight is 372 g/mol. The Kier molecular flexibility index (Phi) is 5.62. The SMILES string of the molecule is CCc1cc(=O)[nH]c(SCC(=O)Nc2nc(-c3ccccc3)cs2)n1. The van der Waals surface area contributed by atoms with Crippen LogP contribution in [-0.2, 0) is 11.2 Å². The number of carbonyl (C=O) groups is 1. The van der Waals surface area contributed by atoms with Gasteiger partial charge in [0.1, 0.15) is 0 Å². The Bertz CT molecular complexity index is 922.